The second kappa shape index (κ2) is 15.4. The quantitative estimate of drug-likeness (QED) is 0.109. The van der Waals surface area contributed by atoms with Crippen LogP contribution in [0.3, 0.4) is 0 Å². The molecular formula is C49H43ClN2O. The smallest absolute Gasteiger partial charge is 0.254 e. The lowest BCUT2D eigenvalue weighted by Crippen LogP contribution is -3.00. The highest BCUT2D eigenvalue weighted by molar-refractivity contribution is 5.71. The normalized spacial score (nSPS) is 11.2. The van der Waals surface area contributed by atoms with E-state index in [1.54, 1.807) is 7.11 Å². The predicted octanol–water partition coefficient (Wildman–Crippen LogP) is 8.18. The highest BCUT2D eigenvalue weighted by Gasteiger charge is 2.32. The van der Waals surface area contributed by atoms with Crippen molar-refractivity contribution in [3.63, 3.8) is 0 Å². The number of hydrogen-bond acceptors (Lipinski definition) is 1. The van der Waals surface area contributed by atoms with Crippen molar-refractivity contribution < 1.29 is 21.7 Å². The minimum Gasteiger partial charge on any atom is -1.00 e. The van der Waals surface area contributed by atoms with Gasteiger partial charge in [0, 0.05) is 28.5 Å². The molecule has 0 bridgehead atoms. The van der Waals surface area contributed by atoms with Crippen molar-refractivity contribution in [1.29, 1.82) is 0 Å². The zero-order valence-electron chi connectivity index (χ0n) is 30.6. The van der Waals surface area contributed by atoms with E-state index in [-0.39, 0.29) is 24.2 Å². The van der Waals surface area contributed by atoms with E-state index in [1.807, 2.05) is 0 Å². The van der Waals surface area contributed by atoms with Crippen LogP contribution in [0.15, 0.2) is 176 Å². The zero-order chi connectivity index (χ0) is 35.6. The summed E-state index contributed by atoms with van der Waals surface area (Å²) in [6, 6.07) is 59.1. The molecule has 0 radical (unpaired) electrons. The molecule has 4 heteroatoms. The molecule has 3 nitrogen and oxygen atoms in total. The molecule has 0 fully saturated rings. The Bertz CT molecular complexity index is 2270. The van der Waals surface area contributed by atoms with Gasteiger partial charge in [-0.15, -0.1) is 0 Å². The summed E-state index contributed by atoms with van der Waals surface area (Å²) in [5.74, 6) is 0.712. The summed E-state index contributed by atoms with van der Waals surface area (Å²) in [5, 5.41) is 0. The van der Waals surface area contributed by atoms with E-state index in [9.17, 15) is 0 Å². The lowest BCUT2D eigenvalue weighted by atomic mass is 9.78. The number of benzene rings is 6. The van der Waals surface area contributed by atoms with Crippen LogP contribution in [0.1, 0.15) is 61.9 Å². The Morgan fingerprint density at radius 1 is 0.528 bits per heavy atom. The predicted molar refractivity (Wildman–Crippen MR) is 213 cm³/mol. The molecule has 2 aromatic heterocycles. The van der Waals surface area contributed by atoms with Crippen LogP contribution in [-0.4, -0.2) is 11.5 Å². The van der Waals surface area contributed by atoms with E-state index in [1.165, 1.54) is 61.3 Å². The summed E-state index contributed by atoms with van der Waals surface area (Å²) in [5.41, 5.74) is 15.8. The molecule has 0 aliphatic heterocycles. The number of pyridine rings is 1. The number of aryl methyl sites for hydroxylation is 3. The van der Waals surface area contributed by atoms with Gasteiger partial charge in [0.2, 0.25) is 0 Å². The number of imidazole rings is 1. The maximum absolute atomic E-state index is 6.19. The van der Waals surface area contributed by atoms with Crippen LogP contribution in [-0.2, 0) is 0 Å². The minimum absolute atomic E-state index is 0. The van der Waals surface area contributed by atoms with E-state index in [0.717, 1.165) is 17.0 Å². The summed E-state index contributed by atoms with van der Waals surface area (Å²) >= 11 is 0. The van der Waals surface area contributed by atoms with E-state index in [4.69, 9.17) is 4.74 Å². The number of halogens is 1. The van der Waals surface area contributed by atoms with Crippen molar-refractivity contribution in [2.75, 3.05) is 7.11 Å². The van der Waals surface area contributed by atoms with Gasteiger partial charge in [0.1, 0.15) is 23.3 Å². The first-order chi connectivity index (χ1) is 25.5. The maximum Gasteiger partial charge on any atom is 0.254 e. The molecule has 0 saturated carbocycles. The van der Waals surface area contributed by atoms with Gasteiger partial charge in [-0.1, -0.05) is 145 Å². The van der Waals surface area contributed by atoms with Gasteiger partial charge in [0.25, 0.3) is 6.33 Å². The molecule has 6 aromatic carbocycles. The fraction of sp³-hybridized carbons (Fsp3) is 0.122. The number of methoxy groups -OCH3 is 1. The summed E-state index contributed by atoms with van der Waals surface area (Å²) in [6.07, 6.45) is 4.57. The molecule has 8 rings (SSSR count). The lowest BCUT2D eigenvalue weighted by Gasteiger charge is -2.26. The van der Waals surface area contributed by atoms with Gasteiger partial charge < -0.3 is 17.1 Å². The molecule has 0 aliphatic carbocycles. The number of hydrogen-bond donors (Lipinski definition) is 0. The number of ether oxygens (including phenoxy) is 1. The fourth-order valence-corrected chi connectivity index (χ4v) is 8.17. The molecule has 0 N–H and O–H groups in total. The number of fused-ring (bicyclic) bond motifs is 1. The van der Waals surface area contributed by atoms with Crippen molar-refractivity contribution in [3.05, 3.63) is 226 Å². The van der Waals surface area contributed by atoms with Crippen LogP contribution >= 0.6 is 0 Å². The first kappa shape index (κ1) is 35.5. The Morgan fingerprint density at radius 3 is 1.38 bits per heavy atom. The van der Waals surface area contributed by atoms with Gasteiger partial charge in [-0.2, -0.15) is 4.40 Å². The van der Waals surface area contributed by atoms with Gasteiger partial charge in [0.05, 0.1) is 7.11 Å². The first-order valence-electron chi connectivity index (χ1n) is 18.0. The molecule has 2 heterocycles. The summed E-state index contributed by atoms with van der Waals surface area (Å²) in [7, 11) is 1.78. The molecule has 0 amide bonds. The third kappa shape index (κ3) is 6.89. The van der Waals surface area contributed by atoms with Crippen LogP contribution < -0.4 is 21.7 Å². The van der Waals surface area contributed by atoms with Crippen LogP contribution in [0.4, 0.5) is 0 Å². The van der Waals surface area contributed by atoms with Gasteiger partial charge in [-0.05, 0) is 78.4 Å². The van der Waals surface area contributed by atoms with Crippen molar-refractivity contribution in [3.8, 4) is 22.7 Å². The summed E-state index contributed by atoms with van der Waals surface area (Å²) in [4.78, 5) is 0. The van der Waals surface area contributed by atoms with Crippen molar-refractivity contribution in [1.82, 2.24) is 4.40 Å². The molecule has 53 heavy (non-hydrogen) atoms. The van der Waals surface area contributed by atoms with Gasteiger partial charge in [0.15, 0.2) is 5.52 Å². The topological polar surface area (TPSA) is 17.5 Å². The van der Waals surface area contributed by atoms with E-state index < -0.39 is 0 Å². The highest BCUT2D eigenvalue weighted by atomic mass is 35.5. The van der Waals surface area contributed by atoms with Crippen molar-refractivity contribution >= 4 is 5.52 Å². The standard InChI is InChI=1S/C49H43N2O.ClH/c1-34-28-35(2)46(36(3)29-34)45-27-17-26-41-32-50(33-51(41)45)49-43(47(37-18-9-5-10-19-37)38-20-11-6-12-21-38)30-42(52-4)31-44(49)48(39-22-13-7-14-23-39)40-24-15-8-16-25-40;/h5-33,47-48H,1-4H3;1H/q+1;/p-1. The largest absolute Gasteiger partial charge is 1.00 e. The van der Waals surface area contributed by atoms with Crippen LogP contribution in [0.2, 0.25) is 0 Å². The van der Waals surface area contributed by atoms with Crippen molar-refractivity contribution in [2.24, 2.45) is 0 Å². The minimum atomic E-state index is -0.0602. The number of rotatable bonds is 9. The average Bonchev–Trinajstić information content (AvgIpc) is 3.61. The molecule has 0 spiro atoms. The molecule has 8 aromatic rings. The van der Waals surface area contributed by atoms with Crippen LogP contribution in [0, 0.1) is 20.8 Å². The third-order valence-corrected chi connectivity index (χ3v) is 10.3. The van der Waals surface area contributed by atoms with E-state index in [2.05, 4.69) is 206 Å². The molecule has 262 valence electrons. The van der Waals surface area contributed by atoms with Crippen LogP contribution in [0.5, 0.6) is 5.75 Å². The Hall–Kier alpha value is -5.90. The lowest BCUT2D eigenvalue weighted by molar-refractivity contribution is -0.595. The molecule has 0 aliphatic rings. The summed E-state index contributed by atoms with van der Waals surface area (Å²) < 4.78 is 10.9. The Morgan fingerprint density at radius 2 is 0.962 bits per heavy atom. The third-order valence-electron chi connectivity index (χ3n) is 10.3. The van der Waals surface area contributed by atoms with E-state index in [0.29, 0.717) is 0 Å². The molecule has 0 saturated heterocycles. The Labute approximate surface area is 319 Å². The van der Waals surface area contributed by atoms with E-state index >= 15 is 0 Å². The Balaban J connectivity index is 0.00000435. The van der Waals surface area contributed by atoms with Gasteiger partial charge >= 0.3 is 0 Å². The van der Waals surface area contributed by atoms with Crippen LogP contribution in [0.25, 0.3) is 22.5 Å². The average molecular weight is 711 g/mol. The second-order valence-corrected chi connectivity index (χ2v) is 13.8. The maximum atomic E-state index is 6.19. The Kier molecular flexibility index (Phi) is 10.3. The SMILES string of the molecule is COc1cc(C(c2ccccc2)c2ccccc2)c(-[n+]2cc3cccc(-c4c(C)cc(C)cc4C)n3c2)c(C(c2ccccc2)c2ccccc2)c1.[Cl-]. The highest BCUT2D eigenvalue weighted by Crippen LogP contribution is 2.43. The second-order valence-electron chi connectivity index (χ2n) is 13.8. The monoisotopic (exact) mass is 710 g/mol. The molecule has 0 atom stereocenters. The fourth-order valence-electron chi connectivity index (χ4n) is 8.17. The molecule has 0 unspecified atom stereocenters. The summed E-state index contributed by atoms with van der Waals surface area (Å²) in [6.45, 7) is 6.62. The number of nitrogens with zero attached hydrogens (tertiary/aromatic N) is 2. The molecular weight excluding hydrogens is 668 g/mol. The number of aromatic nitrogens is 2. The van der Waals surface area contributed by atoms with Crippen molar-refractivity contribution in [2.45, 2.75) is 32.6 Å². The first-order valence-corrected chi connectivity index (χ1v) is 18.0. The zero-order valence-corrected chi connectivity index (χ0v) is 31.3. The van der Waals surface area contributed by atoms with Gasteiger partial charge in [-0.3, -0.25) is 0 Å². The van der Waals surface area contributed by atoms with Gasteiger partial charge in [-0.25, -0.2) is 4.57 Å².